The highest BCUT2D eigenvalue weighted by molar-refractivity contribution is 5.45. The normalized spacial score (nSPS) is 10.6. The lowest BCUT2D eigenvalue weighted by Gasteiger charge is -2.12. The van der Waals surface area contributed by atoms with Gasteiger partial charge in [-0.2, -0.15) is 5.10 Å². The molecule has 2 rings (SSSR count). The Morgan fingerprint density at radius 2 is 2.00 bits per heavy atom. The molecule has 0 saturated heterocycles. The largest absolute Gasteiger partial charge is 0.493 e. The van der Waals surface area contributed by atoms with Crippen LogP contribution in [0.2, 0.25) is 0 Å². The molecule has 1 heterocycles. The van der Waals surface area contributed by atoms with Crippen molar-refractivity contribution in [1.82, 2.24) is 9.78 Å². The summed E-state index contributed by atoms with van der Waals surface area (Å²) in [5, 5.41) is 4.32. The summed E-state index contributed by atoms with van der Waals surface area (Å²) in [6.45, 7) is 4.32. The maximum Gasteiger partial charge on any atom is 0.222 e. The summed E-state index contributed by atoms with van der Waals surface area (Å²) in [4.78, 5) is 0. The minimum absolute atomic E-state index is 0.392. The summed E-state index contributed by atoms with van der Waals surface area (Å²) in [6.07, 6.45) is 0. The van der Waals surface area contributed by atoms with Gasteiger partial charge >= 0.3 is 0 Å². The summed E-state index contributed by atoms with van der Waals surface area (Å²) in [5.74, 6) is 2.01. The molecule has 0 fully saturated rings. The molecular formula is C14H19N3O2. The highest BCUT2D eigenvalue weighted by atomic mass is 16.5. The van der Waals surface area contributed by atoms with Crippen LogP contribution in [0.1, 0.15) is 16.8 Å². The maximum absolute atomic E-state index is 5.92. The van der Waals surface area contributed by atoms with E-state index in [0.29, 0.717) is 23.9 Å². The molecule has 0 unspecified atom stereocenters. The molecule has 0 amide bonds. The molecule has 0 aliphatic rings. The minimum atomic E-state index is 0.392. The van der Waals surface area contributed by atoms with Gasteiger partial charge in [-0.3, -0.25) is 0 Å². The van der Waals surface area contributed by atoms with Crippen LogP contribution < -0.4 is 15.2 Å². The molecule has 0 aliphatic heterocycles. The predicted octanol–water partition coefficient (Wildman–Crippen LogP) is 2.30. The molecule has 19 heavy (non-hydrogen) atoms. The molecule has 2 aromatic rings. The van der Waals surface area contributed by atoms with Crippen molar-refractivity contribution in [1.29, 1.82) is 0 Å². The molecule has 102 valence electrons. The number of aryl methyl sites for hydroxylation is 3. The van der Waals surface area contributed by atoms with E-state index in [-0.39, 0.29) is 0 Å². The lowest BCUT2D eigenvalue weighted by Crippen LogP contribution is -2.02. The first kappa shape index (κ1) is 13.4. The molecule has 0 aliphatic carbocycles. The van der Waals surface area contributed by atoms with E-state index in [2.05, 4.69) is 5.10 Å². The number of ether oxygens (including phenoxy) is 2. The Morgan fingerprint density at radius 3 is 2.63 bits per heavy atom. The quantitative estimate of drug-likeness (QED) is 0.917. The average Bonchev–Trinajstić information content (AvgIpc) is 2.65. The van der Waals surface area contributed by atoms with Gasteiger partial charge in [-0.05, 0) is 31.5 Å². The molecule has 0 atom stereocenters. The van der Waals surface area contributed by atoms with Gasteiger partial charge in [0.05, 0.1) is 18.4 Å². The fourth-order valence-electron chi connectivity index (χ4n) is 2.01. The Labute approximate surface area is 112 Å². The highest BCUT2D eigenvalue weighted by Gasteiger charge is 2.16. The first-order valence-corrected chi connectivity index (χ1v) is 6.11. The summed E-state index contributed by atoms with van der Waals surface area (Å²) in [7, 11) is 3.46. The number of nitrogens with zero attached hydrogens (tertiary/aromatic N) is 2. The van der Waals surface area contributed by atoms with Crippen molar-refractivity contribution in [3.8, 4) is 17.4 Å². The van der Waals surface area contributed by atoms with E-state index in [1.165, 1.54) is 0 Å². The van der Waals surface area contributed by atoms with E-state index in [4.69, 9.17) is 15.2 Å². The number of hydrogen-bond donors (Lipinski definition) is 1. The van der Waals surface area contributed by atoms with Crippen molar-refractivity contribution in [2.24, 2.45) is 12.8 Å². The molecule has 1 aromatic heterocycles. The van der Waals surface area contributed by atoms with E-state index in [9.17, 15) is 0 Å². The van der Waals surface area contributed by atoms with Crippen molar-refractivity contribution in [2.45, 2.75) is 20.4 Å². The van der Waals surface area contributed by atoms with Gasteiger partial charge < -0.3 is 15.2 Å². The maximum atomic E-state index is 5.92. The summed E-state index contributed by atoms with van der Waals surface area (Å²) < 4.78 is 12.9. The van der Waals surface area contributed by atoms with Gasteiger partial charge in [0.1, 0.15) is 0 Å². The van der Waals surface area contributed by atoms with Gasteiger partial charge in [0.2, 0.25) is 5.88 Å². The van der Waals surface area contributed by atoms with Crippen molar-refractivity contribution >= 4 is 0 Å². The third kappa shape index (κ3) is 2.56. The standard InChI is InChI=1S/C14H19N3O2/c1-9-5-6-12(13(7-9)18-4)19-14-11(8-15)10(2)16-17(14)3/h5-7H,8,15H2,1-4H3. The first-order chi connectivity index (χ1) is 9.06. The number of nitrogens with two attached hydrogens (primary N) is 1. The topological polar surface area (TPSA) is 62.3 Å². The Kier molecular flexibility index (Phi) is 3.76. The molecule has 5 heteroatoms. The first-order valence-electron chi connectivity index (χ1n) is 6.11. The lowest BCUT2D eigenvalue weighted by atomic mass is 10.2. The zero-order valence-electron chi connectivity index (χ0n) is 11.7. The van der Waals surface area contributed by atoms with Crippen LogP contribution >= 0.6 is 0 Å². The predicted molar refractivity (Wildman–Crippen MR) is 73.6 cm³/mol. The molecule has 2 N–H and O–H groups in total. The van der Waals surface area contributed by atoms with Crippen LogP contribution in [0.4, 0.5) is 0 Å². The third-order valence-electron chi connectivity index (χ3n) is 3.02. The number of rotatable bonds is 4. The number of hydrogen-bond acceptors (Lipinski definition) is 4. The van der Waals surface area contributed by atoms with Crippen LogP contribution in [0.15, 0.2) is 18.2 Å². The molecule has 0 spiro atoms. The second kappa shape index (κ2) is 5.32. The smallest absolute Gasteiger partial charge is 0.222 e. The van der Waals surface area contributed by atoms with Gasteiger partial charge in [0.15, 0.2) is 11.5 Å². The van der Waals surface area contributed by atoms with Gasteiger partial charge in [-0.25, -0.2) is 4.68 Å². The van der Waals surface area contributed by atoms with Crippen LogP contribution in [0, 0.1) is 13.8 Å². The van der Waals surface area contributed by atoms with Crippen molar-refractivity contribution < 1.29 is 9.47 Å². The van der Waals surface area contributed by atoms with Crippen molar-refractivity contribution in [3.63, 3.8) is 0 Å². The molecule has 5 nitrogen and oxygen atoms in total. The van der Waals surface area contributed by atoms with Crippen LogP contribution in [0.5, 0.6) is 17.4 Å². The van der Waals surface area contributed by atoms with E-state index in [0.717, 1.165) is 16.8 Å². The average molecular weight is 261 g/mol. The summed E-state index contributed by atoms with van der Waals surface area (Å²) in [5.41, 5.74) is 8.65. The summed E-state index contributed by atoms with van der Waals surface area (Å²) >= 11 is 0. The molecule has 0 saturated carbocycles. The number of benzene rings is 1. The van der Waals surface area contributed by atoms with E-state index in [1.54, 1.807) is 11.8 Å². The Hall–Kier alpha value is -2.01. The summed E-state index contributed by atoms with van der Waals surface area (Å²) in [6, 6.07) is 5.79. The van der Waals surface area contributed by atoms with E-state index >= 15 is 0 Å². The Morgan fingerprint density at radius 1 is 1.26 bits per heavy atom. The van der Waals surface area contributed by atoms with Crippen LogP contribution in [-0.2, 0) is 13.6 Å². The van der Waals surface area contributed by atoms with Gasteiger partial charge in [-0.1, -0.05) is 6.07 Å². The number of aromatic nitrogens is 2. The zero-order chi connectivity index (χ0) is 14.0. The minimum Gasteiger partial charge on any atom is -0.493 e. The van der Waals surface area contributed by atoms with Gasteiger partial charge in [0.25, 0.3) is 0 Å². The second-order valence-electron chi connectivity index (χ2n) is 4.45. The van der Waals surface area contributed by atoms with Gasteiger partial charge in [-0.15, -0.1) is 0 Å². The van der Waals surface area contributed by atoms with Crippen LogP contribution in [-0.4, -0.2) is 16.9 Å². The van der Waals surface area contributed by atoms with Crippen LogP contribution in [0.25, 0.3) is 0 Å². The second-order valence-corrected chi connectivity index (χ2v) is 4.45. The van der Waals surface area contributed by atoms with E-state index in [1.807, 2.05) is 39.1 Å². The number of methoxy groups -OCH3 is 1. The third-order valence-corrected chi connectivity index (χ3v) is 3.02. The zero-order valence-corrected chi connectivity index (χ0v) is 11.7. The van der Waals surface area contributed by atoms with Crippen molar-refractivity contribution in [2.75, 3.05) is 7.11 Å². The van der Waals surface area contributed by atoms with Crippen molar-refractivity contribution in [3.05, 3.63) is 35.0 Å². The van der Waals surface area contributed by atoms with Crippen LogP contribution in [0.3, 0.4) is 0 Å². The fourth-order valence-corrected chi connectivity index (χ4v) is 2.01. The Bertz CT molecular complexity index is 591. The molecule has 0 radical (unpaired) electrons. The SMILES string of the molecule is COc1cc(C)ccc1Oc1c(CN)c(C)nn1C. The fraction of sp³-hybridized carbons (Fsp3) is 0.357. The molecular weight excluding hydrogens is 242 g/mol. The molecule has 0 bridgehead atoms. The highest BCUT2D eigenvalue weighted by Crippen LogP contribution is 2.34. The molecule has 1 aromatic carbocycles. The van der Waals surface area contributed by atoms with Gasteiger partial charge in [0, 0.05) is 13.6 Å². The monoisotopic (exact) mass is 261 g/mol. The van der Waals surface area contributed by atoms with E-state index < -0.39 is 0 Å². The Balaban J connectivity index is 2.41. The lowest BCUT2D eigenvalue weighted by molar-refractivity contribution is 0.363.